The first-order valence-electron chi connectivity index (χ1n) is 13.4. The normalized spacial score (nSPS) is 11.2. The van der Waals surface area contributed by atoms with Gasteiger partial charge in [-0.2, -0.15) is 0 Å². The minimum absolute atomic E-state index is 0.307. The third kappa shape index (κ3) is 9.18. The fraction of sp³-hybridized carbons (Fsp3) is 0.176. The van der Waals surface area contributed by atoms with Gasteiger partial charge in [-0.3, -0.25) is 9.59 Å². The predicted molar refractivity (Wildman–Crippen MR) is 172 cm³/mol. The Kier molecular flexibility index (Phi) is 12.5. The maximum atomic E-state index is 12.3. The van der Waals surface area contributed by atoms with E-state index in [2.05, 4.69) is 10.6 Å². The molecule has 0 atom stereocenters. The number of allylic oxidation sites excluding steroid dienone is 4. The van der Waals surface area contributed by atoms with Crippen molar-refractivity contribution in [3.8, 4) is 34.5 Å². The summed E-state index contributed by atoms with van der Waals surface area (Å²) in [7, 11) is 9.28. The molecule has 0 bridgehead atoms. The van der Waals surface area contributed by atoms with E-state index in [4.69, 9.17) is 28.4 Å². The summed E-state index contributed by atoms with van der Waals surface area (Å²) in [6.07, 6.45) is 13.1. The lowest BCUT2D eigenvalue weighted by Gasteiger charge is -2.12. The van der Waals surface area contributed by atoms with E-state index >= 15 is 0 Å². The molecule has 3 rings (SSSR count). The van der Waals surface area contributed by atoms with Gasteiger partial charge in [0.15, 0.2) is 23.0 Å². The van der Waals surface area contributed by atoms with Crippen molar-refractivity contribution in [2.75, 3.05) is 53.3 Å². The minimum Gasteiger partial charge on any atom is -0.493 e. The molecule has 2 amide bonds. The molecule has 3 aromatic carbocycles. The molecule has 230 valence electrons. The van der Waals surface area contributed by atoms with Crippen molar-refractivity contribution < 1.29 is 38.0 Å². The molecule has 10 heteroatoms. The number of carbonyl (C=O) groups is 2. The van der Waals surface area contributed by atoms with Gasteiger partial charge in [0.05, 0.1) is 42.7 Å². The lowest BCUT2D eigenvalue weighted by Crippen LogP contribution is -2.09. The average molecular weight is 601 g/mol. The number of ether oxygens (including phenoxy) is 6. The largest absolute Gasteiger partial charge is 0.493 e. The van der Waals surface area contributed by atoms with Gasteiger partial charge < -0.3 is 39.1 Å². The lowest BCUT2D eigenvalue weighted by atomic mass is 10.1. The van der Waals surface area contributed by atoms with Crippen LogP contribution < -0.4 is 39.1 Å². The third-order valence-corrected chi connectivity index (χ3v) is 6.09. The van der Waals surface area contributed by atoms with Crippen LogP contribution in [-0.4, -0.2) is 54.5 Å². The molecule has 10 nitrogen and oxygen atoms in total. The van der Waals surface area contributed by atoms with Crippen LogP contribution in [0.3, 0.4) is 0 Å². The zero-order valence-electron chi connectivity index (χ0n) is 25.5. The van der Waals surface area contributed by atoms with Crippen molar-refractivity contribution >= 4 is 35.3 Å². The molecule has 2 N–H and O–H groups in total. The van der Waals surface area contributed by atoms with Crippen LogP contribution >= 0.6 is 0 Å². The number of hydrogen-bond acceptors (Lipinski definition) is 8. The summed E-state index contributed by atoms with van der Waals surface area (Å²) in [6.45, 7) is 0. The Morgan fingerprint density at radius 3 is 1.09 bits per heavy atom. The quantitative estimate of drug-likeness (QED) is 0.167. The Labute approximate surface area is 257 Å². The van der Waals surface area contributed by atoms with Crippen molar-refractivity contribution in [3.05, 3.63) is 96.1 Å². The average Bonchev–Trinajstić information content (AvgIpc) is 3.04. The monoisotopic (exact) mass is 600 g/mol. The van der Waals surface area contributed by atoms with Crippen LogP contribution in [0.2, 0.25) is 0 Å². The molecule has 0 saturated heterocycles. The molecule has 44 heavy (non-hydrogen) atoms. The van der Waals surface area contributed by atoms with Crippen molar-refractivity contribution in [1.82, 2.24) is 0 Å². The van der Waals surface area contributed by atoms with Crippen LogP contribution in [0.5, 0.6) is 34.5 Å². The van der Waals surface area contributed by atoms with Gasteiger partial charge in [-0.05, 0) is 59.7 Å². The Bertz CT molecular complexity index is 1390. The second-order valence-electron chi connectivity index (χ2n) is 8.91. The van der Waals surface area contributed by atoms with Crippen LogP contribution in [0.1, 0.15) is 11.1 Å². The van der Waals surface area contributed by atoms with E-state index in [1.165, 1.54) is 12.2 Å². The number of amides is 2. The molecule has 0 saturated carbocycles. The summed E-state index contributed by atoms with van der Waals surface area (Å²) in [5, 5.41) is 5.55. The molecule has 0 aliphatic heterocycles. The molecule has 0 radical (unpaired) electrons. The van der Waals surface area contributed by atoms with E-state index in [1.807, 2.05) is 12.2 Å². The zero-order chi connectivity index (χ0) is 31.9. The third-order valence-electron chi connectivity index (χ3n) is 6.09. The number of nitrogens with one attached hydrogen (secondary N) is 2. The maximum absolute atomic E-state index is 12.3. The van der Waals surface area contributed by atoms with E-state index in [-0.39, 0.29) is 11.8 Å². The van der Waals surface area contributed by atoms with E-state index < -0.39 is 0 Å². The molecule has 0 unspecified atom stereocenters. The SMILES string of the molecule is COc1cc(C=CC=CC(=O)Nc2ccc(NC(=O)C=CC=Cc3cc(OC)c(OC)c(OC)c3)cc2)cc(OC)c1OC. The number of methoxy groups -OCH3 is 6. The first kappa shape index (κ1) is 32.9. The molecule has 0 aliphatic carbocycles. The van der Waals surface area contributed by atoms with Gasteiger partial charge in [0.2, 0.25) is 23.3 Å². The number of benzene rings is 3. The molecule has 0 aromatic heterocycles. The molecule has 0 heterocycles. The predicted octanol–water partition coefficient (Wildman–Crippen LogP) is 6.15. The summed E-state index contributed by atoms with van der Waals surface area (Å²) >= 11 is 0. The van der Waals surface area contributed by atoms with Crippen molar-refractivity contribution in [3.63, 3.8) is 0 Å². The van der Waals surface area contributed by atoms with Crippen LogP contribution in [-0.2, 0) is 9.59 Å². The maximum Gasteiger partial charge on any atom is 0.248 e. The Hall–Kier alpha value is -5.64. The topological polar surface area (TPSA) is 114 Å². The Morgan fingerprint density at radius 2 is 0.818 bits per heavy atom. The number of anilines is 2. The van der Waals surface area contributed by atoms with Crippen LogP contribution in [0.15, 0.2) is 85.0 Å². The zero-order valence-corrected chi connectivity index (χ0v) is 25.5. The fourth-order valence-corrected chi connectivity index (χ4v) is 4.02. The van der Waals surface area contributed by atoms with Gasteiger partial charge in [0, 0.05) is 23.5 Å². The van der Waals surface area contributed by atoms with Gasteiger partial charge in [0.25, 0.3) is 0 Å². The Morgan fingerprint density at radius 1 is 0.500 bits per heavy atom. The summed E-state index contributed by atoms with van der Waals surface area (Å²) in [5.74, 6) is 2.54. The lowest BCUT2D eigenvalue weighted by molar-refractivity contribution is -0.112. The molecular weight excluding hydrogens is 564 g/mol. The van der Waals surface area contributed by atoms with Crippen molar-refractivity contribution in [2.45, 2.75) is 0 Å². The first-order chi connectivity index (χ1) is 21.3. The van der Waals surface area contributed by atoms with Gasteiger partial charge in [-0.15, -0.1) is 0 Å². The summed E-state index contributed by atoms with van der Waals surface area (Å²) < 4.78 is 32.1. The number of carbonyl (C=O) groups excluding carboxylic acids is 2. The van der Waals surface area contributed by atoms with E-state index in [9.17, 15) is 9.59 Å². The van der Waals surface area contributed by atoms with Crippen LogP contribution in [0, 0.1) is 0 Å². The highest BCUT2D eigenvalue weighted by Crippen LogP contribution is 2.39. The number of hydrogen-bond donors (Lipinski definition) is 2. The van der Waals surface area contributed by atoms with Crippen molar-refractivity contribution in [1.29, 1.82) is 0 Å². The highest BCUT2D eigenvalue weighted by Gasteiger charge is 2.13. The van der Waals surface area contributed by atoms with Crippen LogP contribution in [0.25, 0.3) is 12.2 Å². The molecule has 3 aromatic rings. The fourth-order valence-electron chi connectivity index (χ4n) is 4.02. The molecule has 0 spiro atoms. The molecular formula is C34H36N2O8. The van der Waals surface area contributed by atoms with Gasteiger partial charge in [-0.1, -0.05) is 36.5 Å². The smallest absolute Gasteiger partial charge is 0.248 e. The Balaban J connectivity index is 1.51. The van der Waals surface area contributed by atoms with E-state index in [1.54, 1.807) is 115 Å². The highest BCUT2D eigenvalue weighted by atomic mass is 16.5. The summed E-state index contributed by atoms with van der Waals surface area (Å²) in [4.78, 5) is 24.7. The molecule has 0 aliphatic rings. The van der Waals surface area contributed by atoms with Crippen molar-refractivity contribution in [2.24, 2.45) is 0 Å². The molecule has 0 fully saturated rings. The minimum atomic E-state index is -0.307. The van der Waals surface area contributed by atoms with Gasteiger partial charge in [0.1, 0.15) is 0 Å². The second-order valence-corrected chi connectivity index (χ2v) is 8.91. The summed E-state index contributed by atoms with van der Waals surface area (Å²) in [5.41, 5.74) is 2.78. The van der Waals surface area contributed by atoms with E-state index in [0.717, 1.165) is 11.1 Å². The van der Waals surface area contributed by atoms with Gasteiger partial charge in [-0.25, -0.2) is 0 Å². The van der Waals surface area contributed by atoms with Crippen LogP contribution in [0.4, 0.5) is 11.4 Å². The van der Waals surface area contributed by atoms with Gasteiger partial charge >= 0.3 is 0 Å². The number of rotatable bonds is 14. The van der Waals surface area contributed by atoms with E-state index in [0.29, 0.717) is 45.9 Å². The second kappa shape index (κ2) is 16.7. The first-order valence-corrected chi connectivity index (χ1v) is 13.4. The summed E-state index contributed by atoms with van der Waals surface area (Å²) in [6, 6.07) is 14.0. The highest BCUT2D eigenvalue weighted by molar-refractivity contribution is 6.01. The standard InChI is InChI=1S/C34H36N2O8/c1-39-27-19-23(20-28(40-2)33(27)43-5)11-7-9-13-31(37)35-25-15-17-26(18-16-25)36-32(38)14-10-8-12-24-21-29(41-3)34(44-6)30(22-24)42-4/h7-22H,1-6H3,(H,35,37)(H,36,38).